The molecular weight excluding hydrogens is 523 g/mol. The lowest BCUT2D eigenvalue weighted by molar-refractivity contribution is 0.172. The SMILES string of the molecule is COCCCNC(=NCc1ccc(C)cc1OCCCOC)NCc1nnc(C)n1C.I. The maximum Gasteiger partial charge on any atom is 0.191 e. The van der Waals surface area contributed by atoms with Crippen LogP contribution in [0.2, 0.25) is 0 Å². The van der Waals surface area contributed by atoms with E-state index in [9.17, 15) is 0 Å². The smallest absolute Gasteiger partial charge is 0.191 e. The molecule has 2 rings (SSSR count). The normalized spacial score (nSPS) is 11.2. The molecule has 0 bridgehead atoms. The summed E-state index contributed by atoms with van der Waals surface area (Å²) in [6.07, 6.45) is 1.73. The molecule has 0 aliphatic rings. The summed E-state index contributed by atoms with van der Waals surface area (Å²) in [4.78, 5) is 4.77. The van der Waals surface area contributed by atoms with Crippen LogP contribution in [-0.4, -0.2) is 61.3 Å². The molecule has 1 aromatic heterocycles. The molecule has 0 unspecified atom stereocenters. The van der Waals surface area contributed by atoms with Crippen LogP contribution < -0.4 is 15.4 Å². The van der Waals surface area contributed by atoms with Gasteiger partial charge in [-0.15, -0.1) is 34.2 Å². The minimum absolute atomic E-state index is 0. The molecule has 0 atom stereocenters. The van der Waals surface area contributed by atoms with Crippen molar-refractivity contribution in [3.05, 3.63) is 41.0 Å². The van der Waals surface area contributed by atoms with E-state index < -0.39 is 0 Å². The molecular formula is C22H37IN6O3. The van der Waals surface area contributed by atoms with Crippen molar-refractivity contribution in [2.75, 3.05) is 40.6 Å². The number of methoxy groups -OCH3 is 2. The first-order valence-corrected chi connectivity index (χ1v) is 10.6. The Morgan fingerprint density at radius 1 is 1.03 bits per heavy atom. The molecule has 1 heterocycles. The van der Waals surface area contributed by atoms with Gasteiger partial charge in [-0.05, 0) is 31.9 Å². The number of hydrogen-bond donors (Lipinski definition) is 2. The Morgan fingerprint density at radius 3 is 2.47 bits per heavy atom. The van der Waals surface area contributed by atoms with Gasteiger partial charge in [0.05, 0.1) is 19.7 Å². The highest BCUT2D eigenvalue weighted by atomic mass is 127. The van der Waals surface area contributed by atoms with Crippen LogP contribution in [0.25, 0.3) is 0 Å². The number of nitrogens with one attached hydrogen (secondary N) is 2. The fourth-order valence-electron chi connectivity index (χ4n) is 2.84. The highest BCUT2D eigenvalue weighted by Gasteiger charge is 2.08. The van der Waals surface area contributed by atoms with Crippen LogP contribution in [-0.2, 0) is 29.6 Å². The van der Waals surface area contributed by atoms with E-state index in [4.69, 9.17) is 19.2 Å². The van der Waals surface area contributed by atoms with Crippen molar-refractivity contribution in [2.45, 2.75) is 39.8 Å². The van der Waals surface area contributed by atoms with Crippen LogP contribution in [0, 0.1) is 13.8 Å². The van der Waals surface area contributed by atoms with Crippen molar-refractivity contribution >= 4 is 29.9 Å². The lowest BCUT2D eigenvalue weighted by Crippen LogP contribution is -2.38. The van der Waals surface area contributed by atoms with E-state index >= 15 is 0 Å². The highest BCUT2D eigenvalue weighted by molar-refractivity contribution is 14.0. The topological polar surface area (TPSA) is 94.8 Å². The fraction of sp³-hybridized carbons (Fsp3) is 0.591. The van der Waals surface area contributed by atoms with E-state index in [1.54, 1.807) is 14.2 Å². The van der Waals surface area contributed by atoms with Gasteiger partial charge in [0.1, 0.15) is 11.6 Å². The quantitative estimate of drug-likeness (QED) is 0.168. The molecule has 0 fully saturated rings. The lowest BCUT2D eigenvalue weighted by atomic mass is 10.1. The molecule has 0 aliphatic heterocycles. The molecule has 2 aromatic rings. The van der Waals surface area contributed by atoms with Crippen molar-refractivity contribution in [2.24, 2.45) is 12.0 Å². The second-order valence-electron chi connectivity index (χ2n) is 7.32. The Hall–Kier alpha value is -1.92. The summed E-state index contributed by atoms with van der Waals surface area (Å²) in [5.41, 5.74) is 2.19. The van der Waals surface area contributed by atoms with E-state index in [-0.39, 0.29) is 24.0 Å². The fourth-order valence-corrected chi connectivity index (χ4v) is 2.84. The number of guanidine groups is 1. The maximum atomic E-state index is 5.99. The van der Waals surface area contributed by atoms with Crippen LogP contribution in [0.4, 0.5) is 0 Å². The summed E-state index contributed by atoms with van der Waals surface area (Å²) in [7, 11) is 5.35. The summed E-state index contributed by atoms with van der Waals surface area (Å²) in [6, 6.07) is 6.20. The van der Waals surface area contributed by atoms with Gasteiger partial charge in [0.2, 0.25) is 0 Å². The molecule has 0 spiro atoms. The van der Waals surface area contributed by atoms with Gasteiger partial charge in [-0.3, -0.25) is 0 Å². The zero-order valence-corrected chi connectivity index (χ0v) is 22.1. The second kappa shape index (κ2) is 15.8. The predicted octanol–water partition coefficient (Wildman–Crippen LogP) is 2.74. The number of benzene rings is 1. The number of hydrogen-bond acceptors (Lipinski definition) is 6. The molecule has 0 saturated heterocycles. The van der Waals surface area contributed by atoms with Crippen molar-refractivity contribution in [1.29, 1.82) is 0 Å². The highest BCUT2D eigenvalue weighted by Crippen LogP contribution is 2.21. The van der Waals surface area contributed by atoms with Gasteiger partial charge >= 0.3 is 0 Å². The first kappa shape index (κ1) is 28.1. The first-order chi connectivity index (χ1) is 15.0. The molecule has 0 aliphatic carbocycles. The standard InChI is InChI=1S/C22H36N6O3.HI/c1-17-8-9-19(20(14-17)31-13-7-12-30-5)15-24-22(23-10-6-11-29-4)25-16-21-27-26-18(2)28(21)3;/h8-9,14H,6-7,10-13,15-16H2,1-5H3,(H2,23,24,25);1H. The maximum absolute atomic E-state index is 5.99. The van der Waals surface area contributed by atoms with Gasteiger partial charge < -0.3 is 29.4 Å². The van der Waals surface area contributed by atoms with Crippen molar-refractivity contribution in [3.63, 3.8) is 0 Å². The minimum Gasteiger partial charge on any atom is -0.493 e. The Balaban J connectivity index is 0.00000512. The number of halogens is 1. The van der Waals surface area contributed by atoms with Gasteiger partial charge in [0.25, 0.3) is 0 Å². The zero-order valence-electron chi connectivity index (χ0n) is 19.8. The van der Waals surface area contributed by atoms with Gasteiger partial charge in [-0.2, -0.15) is 0 Å². The molecule has 2 N–H and O–H groups in total. The minimum atomic E-state index is 0. The van der Waals surface area contributed by atoms with E-state index in [1.165, 1.54) is 0 Å². The number of ether oxygens (including phenoxy) is 3. The Bertz CT molecular complexity index is 828. The summed E-state index contributed by atoms with van der Waals surface area (Å²) < 4.78 is 18.2. The molecule has 0 radical (unpaired) electrons. The number of aryl methyl sites for hydroxylation is 2. The van der Waals surface area contributed by atoms with Crippen molar-refractivity contribution in [3.8, 4) is 5.75 Å². The zero-order chi connectivity index (χ0) is 22.5. The largest absolute Gasteiger partial charge is 0.493 e. The molecule has 32 heavy (non-hydrogen) atoms. The average molecular weight is 560 g/mol. The van der Waals surface area contributed by atoms with Gasteiger partial charge in [-0.1, -0.05) is 12.1 Å². The molecule has 0 amide bonds. The third kappa shape index (κ3) is 9.70. The van der Waals surface area contributed by atoms with Crippen LogP contribution >= 0.6 is 24.0 Å². The van der Waals surface area contributed by atoms with E-state index in [2.05, 4.69) is 46.0 Å². The average Bonchev–Trinajstić information content (AvgIpc) is 3.08. The molecule has 9 nitrogen and oxygen atoms in total. The third-order valence-electron chi connectivity index (χ3n) is 4.79. The number of rotatable bonds is 13. The Kier molecular flexibility index (Phi) is 13.9. The van der Waals surface area contributed by atoms with Crippen molar-refractivity contribution < 1.29 is 14.2 Å². The van der Waals surface area contributed by atoms with Gasteiger partial charge in [0, 0.05) is 53.0 Å². The van der Waals surface area contributed by atoms with Gasteiger partial charge in [-0.25, -0.2) is 4.99 Å². The lowest BCUT2D eigenvalue weighted by Gasteiger charge is -2.14. The van der Waals surface area contributed by atoms with Crippen LogP contribution in [0.15, 0.2) is 23.2 Å². The monoisotopic (exact) mass is 560 g/mol. The van der Waals surface area contributed by atoms with Crippen molar-refractivity contribution in [1.82, 2.24) is 25.4 Å². The molecule has 1 aromatic carbocycles. The van der Waals surface area contributed by atoms with Gasteiger partial charge in [0.15, 0.2) is 11.8 Å². The summed E-state index contributed by atoms with van der Waals surface area (Å²) in [5.74, 6) is 3.30. The Morgan fingerprint density at radius 2 is 1.78 bits per heavy atom. The summed E-state index contributed by atoms with van der Waals surface area (Å²) >= 11 is 0. The van der Waals surface area contributed by atoms with Crippen LogP contribution in [0.5, 0.6) is 5.75 Å². The number of aromatic nitrogens is 3. The van der Waals surface area contributed by atoms with Crippen LogP contribution in [0.3, 0.4) is 0 Å². The summed E-state index contributed by atoms with van der Waals surface area (Å²) in [6.45, 7) is 7.76. The summed E-state index contributed by atoms with van der Waals surface area (Å²) in [5, 5.41) is 15.0. The molecule has 0 saturated carbocycles. The first-order valence-electron chi connectivity index (χ1n) is 10.6. The Labute approximate surface area is 208 Å². The van der Waals surface area contributed by atoms with E-state index in [0.29, 0.717) is 38.9 Å². The predicted molar refractivity (Wildman–Crippen MR) is 137 cm³/mol. The van der Waals surface area contributed by atoms with E-state index in [0.717, 1.165) is 47.9 Å². The number of nitrogens with zero attached hydrogens (tertiary/aromatic N) is 4. The molecule has 10 heteroatoms. The van der Waals surface area contributed by atoms with E-state index in [1.807, 2.05) is 18.5 Å². The number of aliphatic imine (C=N–C) groups is 1. The third-order valence-corrected chi connectivity index (χ3v) is 4.79. The van der Waals surface area contributed by atoms with Crippen LogP contribution in [0.1, 0.15) is 35.6 Å². The second-order valence-corrected chi connectivity index (χ2v) is 7.32. The molecule has 180 valence electrons.